The summed E-state index contributed by atoms with van der Waals surface area (Å²) in [6.07, 6.45) is 4.43. The van der Waals surface area contributed by atoms with Crippen molar-refractivity contribution in [3.05, 3.63) is 23.8 Å². The summed E-state index contributed by atoms with van der Waals surface area (Å²) in [6, 6.07) is 5.61. The maximum atomic E-state index is 13.6. The van der Waals surface area contributed by atoms with Gasteiger partial charge in [0.2, 0.25) is 0 Å². The third-order valence-electron chi connectivity index (χ3n) is 7.11. The Bertz CT molecular complexity index is 870. The minimum absolute atomic E-state index is 0.0285. The molecule has 7 nitrogen and oxygen atoms in total. The van der Waals surface area contributed by atoms with Crippen LogP contribution in [0.5, 0.6) is 11.5 Å². The first kappa shape index (κ1) is 21.9. The molecule has 1 saturated carbocycles. The average Bonchev–Trinajstić information content (AvgIpc) is 3.24. The second-order valence-corrected chi connectivity index (χ2v) is 10.3. The predicted molar refractivity (Wildman–Crippen MR) is 118 cm³/mol. The lowest BCUT2D eigenvalue weighted by atomic mass is 9.64. The summed E-state index contributed by atoms with van der Waals surface area (Å²) in [5, 5.41) is 3.09. The molecular formula is C24H35N3O4. The third-order valence-corrected chi connectivity index (χ3v) is 7.11. The number of methoxy groups -OCH3 is 2. The zero-order valence-corrected chi connectivity index (χ0v) is 19.4. The first-order chi connectivity index (χ1) is 14.7. The highest BCUT2D eigenvalue weighted by Crippen LogP contribution is 2.47. The van der Waals surface area contributed by atoms with Gasteiger partial charge in [-0.1, -0.05) is 20.8 Å². The Hall–Kier alpha value is -2.28. The molecule has 0 aromatic heterocycles. The number of rotatable bonds is 5. The van der Waals surface area contributed by atoms with Crippen molar-refractivity contribution < 1.29 is 19.1 Å². The maximum absolute atomic E-state index is 13.6. The number of carbonyl (C=O) groups is 2. The fraction of sp³-hybridized carbons (Fsp3) is 0.667. The first-order valence-electron chi connectivity index (χ1n) is 11.3. The molecule has 1 spiro atoms. The standard InChI is InChI=1S/C24H35N3O4/c1-16-12-23(2,3)14-24(13-16)21(28)27(22(29)25-24)15-26-10-6-7-19(26)18-11-17(30-4)8-9-20(18)31-5/h8-9,11,16,19H,6-7,10,12-15H2,1-5H3,(H,25,29). The summed E-state index contributed by atoms with van der Waals surface area (Å²) in [5.41, 5.74) is 0.301. The van der Waals surface area contributed by atoms with Crippen LogP contribution in [0.4, 0.5) is 4.79 Å². The quantitative estimate of drug-likeness (QED) is 0.718. The van der Waals surface area contributed by atoms with Gasteiger partial charge in [-0.15, -0.1) is 0 Å². The highest BCUT2D eigenvalue weighted by molar-refractivity contribution is 6.07. The molecule has 170 valence electrons. The summed E-state index contributed by atoms with van der Waals surface area (Å²) < 4.78 is 11.0. The topological polar surface area (TPSA) is 71.1 Å². The first-order valence-corrected chi connectivity index (χ1v) is 11.3. The van der Waals surface area contributed by atoms with E-state index in [-0.39, 0.29) is 23.4 Å². The lowest BCUT2D eigenvalue weighted by molar-refractivity contribution is -0.136. The van der Waals surface area contributed by atoms with E-state index in [2.05, 4.69) is 31.0 Å². The molecule has 1 aromatic rings. The van der Waals surface area contributed by atoms with Gasteiger partial charge in [-0.25, -0.2) is 9.69 Å². The number of likely N-dealkylation sites (tertiary alicyclic amines) is 1. The molecule has 3 unspecified atom stereocenters. The van der Waals surface area contributed by atoms with Crippen molar-refractivity contribution in [2.75, 3.05) is 27.4 Å². The van der Waals surface area contributed by atoms with Gasteiger partial charge in [0.1, 0.15) is 17.0 Å². The van der Waals surface area contributed by atoms with E-state index in [1.165, 1.54) is 4.90 Å². The molecule has 3 fully saturated rings. The second kappa shape index (κ2) is 8.01. The van der Waals surface area contributed by atoms with Crippen molar-refractivity contribution in [3.8, 4) is 11.5 Å². The van der Waals surface area contributed by atoms with Crippen LogP contribution in [-0.2, 0) is 4.79 Å². The minimum Gasteiger partial charge on any atom is -0.497 e. The van der Waals surface area contributed by atoms with Gasteiger partial charge >= 0.3 is 6.03 Å². The summed E-state index contributed by atoms with van der Waals surface area (Å²) >= 11 is 0. The molecule has 0 bridgehead atoms. The van der Waals surface area contributed by atoms with Crippen molar-refractivity contribution in [2.24, 2.45) is 11.3 Å². The van der Waals surface area contributed by atoms with Crippen molar-refractivity contribution >= 4 is 11.9 Å². The van der Waals surface area contributed by atoms with Gasteiger partial charge < -0.3 is 14.8 Å². The number of benzene rings is 1. The molecule has 1 N–H and O–H groups in total. The molecule has 4 rings (SSSR count). The van der Waals surface area contributed by atoms with Crippen molar-refractivity contribution in [1.29, 1.82) is 0 Å². The van der Waals surface area contributed by atoms with Crippen LogP contribution in [0.1, 0.15) is 64.5 Å². The lowest BCUT2D eigenvalue weighted by Crippen LogP contribution is -2.54. The average molecular weight is 430 g/mol. The number of ether oxygens (including phenoxy) is 2. The fourth-order valence-corrected chi connectivity index (χ4v) is 6.26. The molecular weight excluding hydrogens is 394 g/mol. The van der Waals surface area contributed by atoms with Crippen LogP contribution >= 0.6 is 0 Å². The van der Waals surface area contributed by atoms with E-state index in [1.54, 1.807) is 14.2 Å². The van der Waals surface area contributed by atoms with Gasteiger partial charge in [0.15, 0.2) is 0 Å². The Labute approximate surface area is 185 Å². The van der Waals surface area contributed by atoms with Crippen molar-refractivity contribution in [1.82, 2.24) is 15.1 Å². The molecule has 0 radical (unpaired) electrons. The molecule has 2 aliphatic heterocycles. The van der Waals surface area contributed by atoms with E-state index in [4.69, 9.17) is 9.47 Å². The minimum atomic E-state index is -0.763. The Morgan fingerprint density at radius 3 is 2.61 bits per heavy atom. The summed E-state index contributed by atoms with van der Waals surface area (Å²) in [6.45, 7) is 7.69. The van der Waals surface area contributed by atoms with Crippen LogP contribution in [0.2, 0.25) is 0 Å². The molecule has 31 heavy (non-hydrogen) atoms. The zero-order valence-electron chi connectivity index (χ0n) is 19.4. The van der Waals surface area contributed by atoms with Crippen molar-refractivity contribution in [3.63, 3.8) is 0 Å². The highest BCUT2D eigenvalue weighted by atomic mass is 16.5. The Morgan fingerprint density at radius 1 is 1.16 bits per heavy atom. The number of hydrogen-bond acceptors (Lipinski definition) is 5. The van der Waals surface area contributed by atoms with Crippen LogP contribution in [0, 0.1) is 11.3 Å². The molecule has 2 heterocycles. The molecule has 7 heteroatoms. The van der Waals surface area contributed by atoms with Crippen LogP contribution in [0.25, 0.3) is 0 Å². The number of nitrogens with one attached hydrogen (secondary N) is 1. The smallest absolute Gasteiger partial charge is 0.326 e. The number of nitrogens with zero attached hydrogens (tertiary/aromatic N) is 2. The van der Waals surface area contributed by atoms with E-state index in [9.17, 15) is 9.59 Å². The molecule has 3 aliphatic rings. The second-order valence-electron chi connectivity index (χ2n) is 10.3. The monoisotopic (exact) mass is 429 g/mol. The van der Waals surface area contributed by atoms with Gasteiger partial charge in [-0.05, 0) is 61.6 Å². The Balaban J connectivity index is 1.56. The summed E-state index contributed by atoms with van der Waals surface area (Å²) in [4.78, 5) is 30.1. The van der Waals surface area contributed by atoms with Crippen LogP contribution in [-0.4, -0.2) is 54.7 Å². The fourth-order valence-electron chi connectivity index (χ4n) is 6.26. The van der Waals surface area contributed by atoms with E-state index < -0.39 is 5.54 Å². The predicted octanol–water partition coefficient (Wildman–Crippen LogP) is 3.94. The third kappa shape index (κ3) is 4.00. The molecule has 2 saturated heterocycles. The van der Waals surface area contributed by atoms with Gasteiger partial charge in [0.05, 0.1) is 20.9 Å². The highest BCUT2D eigenvalue weighted by Gasteiger charge is 2.56. The number of hydrogen-bond donors (Lipinski definition) is 1. The molecule has 3 amide bonds. The van der Waals surface area contributed by atoms with Gasteiger partial charge in [-0.2, -0.15) is 0 Å². The van der Waals surface area contributed by atoms with Crippen LogP contribution in [0.3, 0.4) is 0 Å². The van der Waals surface area contributed by atoms with Crippen LogP contribution in [0.15, 0.2) is 18.2 Å². The largest absolute Gasteiger partial charge is 0.497 e. The SMILES string of the molecule is COc1ccc(OC)c(C2CCCN2CN2C(=O)NC3(CC(C)CC(C)(C)C3)C2=O)c1. The summed E-state index contributed by atoms with van der Waals surface area (Å²) in [7, 11) is 3.31. The molecule has 1 aromatic carbocycles. The maximum Gasteiger partial charge on any atom is 0.326 e. The number of carbonyl (C=O) groups excluding carboxylic acids is 2. The van der Waals surface area contributed by atoms with Gasteiger partial charge in [-0.3, -0.25) is 9.69 Å². The van der Waals surface area contributed by atoms with E-state index in [0.29, 0.717) is 25.4 Å². The van der Waals surface area contributed by atoms with Gasteiger partial charge in [0, 0.05) is 18.2 Å². The van der Waals surface area contributed by atoms with E-state index in [1.807, 2.05) is 18.2 Å². The molecule has 3 atom stereocenters. The normalized spacial score (nSPS) is 30.7. The number of imide groups is 1. The van der Waals surface area contributed by atoms with E-state index >= 15 is 0 Å². The van der Waals surface area contributed by atoms with Crippen LogP contribution < -0.4 is 14.8 Å². The lowest BCUT2D eigenvalue weighted by Gasteiger charge is -2.44. The number of amides is 3. The number of urea groups is 1. The van der Waals surface area contributed by atoms with Gasteiger partial charge in [0.25, 0.3) is 5.91 Å². The van der Waals surface area contributed by atoms with E-state index in [0.717, 1.165) is 42.9 Å². The molecule has 1 aliphatic carbocycles. The summed E-state index contributed by atoms with van der Waals surface area (Å²) in [5.74, 6) is 1.90. The Morgan fingerprint density at radius 2 is 1.94 bits per heavy atom. The zero-order chi connectivity index (χ0) is 22.4. The van der Waals surface area contributed by atoms with Crippen molar-refractivity contribution in [2.45, 2.75) is 64.5 Å². The Kier molecular flexibility index (Phi) is 5.66.